The van der Waals surface area contributed by atoms with Crippen molar-refractivity contribution >= 4 is 18.0 Å². The molecule has 20 heavy (non-hydrogen) atoms. The van der Waals surface area contributed by atoms with Crippen molar-refractivity contribution in [2.24, 2.45) is 5.92 Å². The number of hydrogen-bond donors (Lipinski definition) is 1. The fraction of sp³-hybridized carbons (Fsp3) is 0.375. The fourth-order valence-electron chi connectivity index (χ4n) is 2.00. The van der Waals surface area contributed by atoms with E-state index in [0.29, 0.717) is 12.3 Å². The first-order valence-corrected chi connectivity index (χ1v) is 6.80. The molecule has 1 amide bonds. The summed E-state index contributed by atoms with van der Waals surface area (Å²) in [7, 11) is 1.34. The molecule has 1 aliphatic rings. The number of nitrogens with one attached hydrogen (secondary N) is 1. The molecule has 0 radical (unpaired) electrons. The van der Waals surface area contributed by atoms with E-state index in [1.165, 1.54) is 13.2 Å². The molecule has 0 saturated heterocycles. The average molecular weight is 273 g/mol. The second kappa shape index (κ2) is 6.89. The molecule has 4 heteroatoms. The largest absolute Gasteiger partial charge is 0.467 e. The van der Waals surface area contributed by atoms with E-state index in [4.69, 9.17) is 4.74 Å². The van der Waals surface area contributed by atoms with E-state index in [-0.39, 0.29) is 11.9 Å². The molecule has 1 aliphatic carbocycles. The Labute approximate surface area is 118 Å². The molecule has 1 fully saturated rings. The van der Waals surface area contributed by atoms with Gasteiger partial charge >= 0.3 is 5.97 Å². The van der Waals surface area contributed by atoms with Crippen molar-refractivity contribution in [3.63, 3.8) is 0 Å². The van der Waals surface area contributed by atoms with Crippen LogP contribution in [-0.4, -0.2) is 25.0 Å². The molecule has 0 bridgehead atoms. The monoisotopic (exact) mass is 273 g/mol. The first-order valence-electron chi connectivity index (χ1n) is 6.80. The molecule has 0 aliphatic heterocycles. The van der Waals surface area contributed by atoms with Crippen LogP contribution in [0.2, 0.25) is 0 Å². The van der Waals surface area contributed by atoms with E-state index >= 15 is 0 Å². The number of rotatable bonds is 6. The highest BCUT2D eigenvalue weighted by Gasteiger charge is 2.30. The number of carbonyl (C=O) groups excluding carboxylic acids is 2. The molecule has 4 nitrogen and oxygen atoms in total. The predicted octanol–water partition coefficient (Wildman–Crippen LogP) is 2.16. The molecule has 0 heterocycles. The molecule has 1 atom stereocenters. The third-order valence-electron chi connectivity index (χ3n) is 3.29. The lowest BCUT2D eigenvalue weighted by molar-refractivity contribution is -0.144. The summed E-state index contributed by atoms with van der Waals surface area (Å²) in [5.74, 6) is -0.110. The summed E-state index contributed by atoms with van der Waals surface area (Å²) in [6, 6.07) is 9.00. The van der Waals surface area contributed by atoms with Crippen LogP contribution in [0.3, 0.4) is 0 Å². The Hall–Kier alpha value is -2.10. The minimum absolute atomic E-state index is 0.273. The second-order valence-corrected chi connectivity index (χ2v) is 5.01. The van der Waals surface area contributed by atoms with Gasteiger partial charge in [-0.15, -0.1) is 0 Å². The molecular weight excluding hydrogens is 254 g/mol. The molecule has 1 aromatic rings. The summed E-state index contributed by atoms with van der Waals surface area (Å²) < 4.78 is 4.73. The van der Waals surface area contributed by atoms with Gasteiger partial charge in [-0.1, -0.05) is 43.2 Å². The average Bonchev–Trinajstić information content (AvgIpc) is 3.28. The summed E-state index contributed by atoms with van der Waals surface area (Å²) in [5, 5.41) is 2.71. The Morgan fingerprint density at radius 2 is 2.05 bits per heavy atom. The zero-order valence-electron chi connectivity index (χ0n) is 11.5. The van der Waals surface area contributed by atoms with Crippen LogP contribution in [0.4, 0.5) is 0 Å². The second-order valence-electron chi connectivity index (χ2n) is 5.01. The van der Waals surface area contributed by atoms with Crippen LogP contribution in [0, 0.1) is 5.92 Å². The first kappa shape index (κ1) is 14.3. The Morgan fingerprint density at radius 3 is 2.65 bits per heavy atom. The van der Waals surface area contributed by atoms with Crippen LogP contribution in [0.5, 0.6) is 0 Å². The highest BCUT2D eigenvalue weighted by atomic mass is 16.5. The van der Waals surface area contributed by atoms with Gasteiger partial charge in [0.1, 0.15) is 6.04 Å². The van der Waals surface area contributed by atoms with E-state index in [2.05, 4.69) is 5.32 Å². The summed E-state index contributed by atoms with van der Waals surface area (Å²) >= 11 is 0. The van der Waals surface area contributed by atoms with Gasteiger partial charge in [-0.2, -0.15) is 0 Å². The highest BCUT2D eigenvalue weighted by Crippen LogP contribution is 2.33. The quantitative estimate of drug-likeness (QED) is 0.638. The standard InChI is InChI=1S/C16H19NO3/c1-20-16(19)14(11-13-7-8-13)17-15(18)10-9-12-5-3-2-4-6-12/h2-6,9-10,13-14H,7-8,11H2,1H3,(H,17,18)/b10-9+. The number of amides is 1. The zero-order valence-corrected chi connectivity index (χ0v) is 11.5. The minimum atomic E-state index is -0.541. The topological polar surface area (TPSA) is 55.4 Å². The van der Waals surface area contributed by atoms with Gasteiger partial charge in [0.15, 0.2) is 0 Å². The Balaban J connectivity index is 1.90. The number of hydrogen-bond acceptors (Lipinski definition) is 3. The van der Waals surface area contributed by atoms with E-state index < -0.39 is 6.04 Å². The Morgan fingerprint density at radius 1 is 1.35 bits per heavy atom. The molecule has 0 spiro atoms. The van der Waals surface area contributed by atoms with Crippen molar-refractivity contribution in [3.8, 4) is 0 Å². The van der Waals surface area contributed by atoms with Crippen LogP contribution in [0.15, 0.2) is 36.4 Å². The number of ether oxygens (including phenoxy) is 1. The number of methoxy groups -OCH3 is 1. The van der Waals surface area contributed by atoms with Crippen LogP contribution in [0.25, 0.3) is 6.08 Å². The lowest BCUT2D eigenvalue weighted by Crippen LogP contribution is -2.41. The van der Waals surface area contributed by atoms with Gasteiger partial charge in [0.25, 0.3) is 0 Å². The van der Waals surface area contributed by atoms with Crippen molar-refractivity contribution in [2.45, 2.75) is 25.3 Å². The summed E-state index contributed by atoms with van der Waals surface area (Å²) in [4.78, 5) is 23.5. The van der Waals surface area contributed by atoms with Crippen molar-refractivity contribution in [1.29, 1.82) is 0 Å². The van der Waals surface area contributed by atoms with Gasteiger partial charge in [-0.3, -0.25) is 4.79 Å². The van der Waals surface area contributed by atoms with Gasteiger partial charge in [0.05, 0.1) is 7.11 Å². The van der Waals surface area contributed by atoms with E-state index in [0.717, 1.165) is 18.4 Å². The van der Waals surface area contributed by atoms with E-state index in [1.54, 1.807) is 6.08 Å². The molecule has 1 N–H and O–H groups in total. The van der Waals surface area contributed by atoms with Crippen molar-refractivity contribution in [1.82, 2.24) is 5.32 Å². The lowest BCUT2D eigenvalue weighted by Gasteiger charge is -2.14. The molecule has 1 unspecified atom stereocenters. The summed E-state index contributed by atoms with van der Waals surface area (Å²) in [5.41, 5.74) is 0.944. The minimum Gasteiger partial charge on any atom is -0.467 e. The SMILES string of the molecule is COC(=O)C(CC1CC1)NC(=O)/C=C/c1ccccc1. The molecule has 1 aromatic carbocycles. The lowest BCUT2D eigenvalue weighted by atomic mass is 10.1. The molecule has 106 valence electrons. The first-order chi connectivity index (χ1) is 9.69. The highest BCUT2D eigenvalue weighted by molar-refractivity contribution is 5.94. The molecule has 2 rings (SSSR count). The third kappa shape index (κ3) is 4.53. The number of carbonyl (C=O) groups is 2. The maximum Gasteiger partial charge on any atom is 0.328 e. The number of esters is 1. The van der Waals surface area contributed by atoms with Crippen molar-refractivity contribution < 1.29 is 14.3 Å². The predicted molar refractivity (Wildman–Crippen MR) is 76.8 cm³/mol. The molecule has 1 saturated carbocycles. The van der Waals surface area contributed by atoms with Gasteiger partial charge in [-0.05, 0) is 24.0 Å². The van der Waals surface area contributed by atoms with E-state index in [9.17, 15) is 9.59 Å². The van der Waals surface area contributed by atoms with Crippen molar-refractivity contribution in [2.75, 3.05) is 7.11 Å². The van der Waals surface area contributed by atoms with Crippen molar-refractivity contribution in [3.05, 3.63) is 42.0 Å². The maximum atomic E-state index is 11.8. The van der Waals surface area contributed by atoms with Crippen LogP contribution < -0.4 is 5.32 Å². The summed E-state index contributed by atoms with van der Waals surface area (Å²) in [6.07, 6.45) is 6.09. The molecular formula is C16H19NO3. The zero-order chi connectivity index (χ0) is 14.4. The van der Waals surface area contributed by atoms with Gasteiger partial charge in [-0.25, -0.2) is 4.79 Å². The Bertz CT molecular complexity index is 492. The maximum absolute atomic E-state index is 11.8. The van der Waals surface area contributed by atoms with Gasteiger partial charge in [0, 0.05) is 6.08 Å². The third-order valence-corrected chi connectivity index (χ3v) is 3.29. The summed E-state index contributed by atoms with van der Waals surface area (Å²) in [6.45, 7) is 0. The normalized spacial score (nSPS) is 15.8. The van der Waals surface area contributed by atoms with Crippen LogP contribution in [0.1, 0.15) is 24.8 Å². The van der Waals surface area contributed by atoms with Crippen LogP contribution >= 0.6 is 0 Å². The van der Waals surface area contributed by atoms with Crippen LogP contribution in [-0.2, 0) is 14.3 Å². The van der Waals surface area contributed by atoms with Gasteiger partial charge < -0.3 is 10.1 Å². The smallest absolute Gasteiger partial charge is 0.328 e. The molecule has 0 aromatic heterocycles. The van der Waals surface area contributed by atoms with Gasteiger partial charge in [0.2, 0.25) is 5.91 Å². The fourth-order valence-corrected chi connectivity index (χ4v) is 2.00. The van der Waals surface area contributed by atoms with E-state index in [1.807, 2.05) is 30.3 Å². The Kier molecular flexibility index (Phi) is 4.93. The number of benzene rings is 1.